The third-order valence-corrected chi connectivity index (χ3v) is 6.36. The number of alkyl halides is 1. The molecule has 5 heteroatoms. The van der Waals surface area contributed by atoms with Crippen LogP contribution in [-0.2, 0) is 9.84 Å². The quantitative estimate of drug-likeness (QED) is 0.770. The molecule has 1 aliphatic rings. The summed E-state index contributed by atoms with van der Waals surface area (Å²) in [4.78, 5) is 2.67. The second-order valence-corrected chi connectivity index (χ2v) is 8.02. The SMILES string of the molecule is CCCS(=O)(=O)c1ccccc1N1CCCCCC1CCl. The number of sulfone groups is 1. The minimum atomic E-state index is -3.22. The molecule has 1 fully saturated rings. The number of para-hydroxylation sites is 1. The van der Waals surface area contributed by atoms with Gasteiger partial charge in [-0.15, -0.1) is 11.6 Å². The second-order valence-electron chi connectivity index (χ2n) is 5.64. The van der Waals surface area contributed by atoms with Gasteiger partial charge in [0.2, 0.25) is 0 Å². The molecule has 0 bridgehead atoms. The third-order valence-electron chi connectivity index (χ3n) is 4.04. The highest BCUT2D eigenvalue weighted by Gasteiger charge is 2.26. The maximum Gasteiger partial charge on any atom is 0.180 e. The first kappa shape index (κ1) is 16.6. The van der Waals surface area contributed by atoms with Crippen LogP contribution in [0, 0.1) is 0 Å². The van der Waals surface area contributed by atoms with E-state index in [0.29, 0.717) is 17.2 Å². The van der Waals surface area contributed by atoms with Crippen molar-refractivity contribution >= 4 is 27.1 Å². The molecule has 118 valence electrons. The molecular formula is C16H24ClNO2S. The Bertz CT molecular complexity index is 559. The highest BCUT2D eigenvalue weighted by molar-refractivity contribution is 7.91. The van der Waals surface area contributed by atoms with Crippen LogP contribution in [0.25, 0.3) is 0 Å². The first-order chi connectivity index (χ1) is 10.1. The predicted octanol–water partition coefficient (Wildman–Crippen LogP) is 3.86. The van der Waals surface area contributed by atoms with Crippen LogP contribution in [0.5, 0.6) is 0 Å². The van der Waals surface area contributed by atoms with Crippen LogP contribution in [0.4, 0.5) is 5.69 Å². The van der Waals surface area contributed by atoms with Gasteiger partial charge in [-0.2, -0.15) is 0 Å². The Labute approximate surface area is 133 Å². The van der Waals surface area contributed by atoms with Crippen LogP contribution in [0.1, 0.15) is 39.0 Å². The van der Waals surface area contributed by atoms with E-state index in [1.807, 2.05) is 19.1 Å². The molecule has 1 heterocycles. The number of benzene rings is 1. The molecule has 0 radical (unpaired) electrons. The Morgan fingerprint density at radius 3 is 2.71 bits per heavy atom. The van der Waals surface area contributed by atoms with Gasteiger partial charge in [0.25, 0.3) is 0 Å². The van der Waals surface area contributed by atoms with Crippen molar-refractivity contribution in [1.82, 2.24) is 0 Å². The van der Waals surface area contributed by atoms with E-state index in [-0.39, 0.29) is 11.8 Å². The van der Waals surface area contributed by atoms with Crippen molar-refractivity contribution in [1.29, 1.82) is 0 Å². The summed E-state index contributed by atoms with van der Waals surface area (Å²) in [6.07, 6.45) is 5.11. The Morgan fingerprint density at radius 2 is 2.00 bits per heavy atom. The molecule has 1 aromatic carbocycles. The lowest BCUT2D eigenvalue weighted by molar-refractivity contribution is 0.590. The number of hydrogen-bond acceptors (Lipinski definition) is 3. The van der Waals surface area contributed by atoms with Gasteiger partial charge in [-0.1, -0.05) is 31.9 Å². The van der Waals surface area contributed by atoms with Crippen molar-refractivity contribution < 1.29 is 8.42 Å². The van der Waals surface area contributed by atoms with Crippen LogP contribution >= 0.6 is 11.6 Å². The van der Waals surface area contributed by atoms with Crippen LogP contribution in [0.3, 0.4) is 0 Å². The van der Waals surface area contributed by atoms with Gasteiger partial charge in [0, 0.05) is 18.5 Å². The zero-order valence-electron chi connectivity index (χ0n) is 12.6. The lowest BCUT2D eigenvalue weighted by atomic mass is 10.1. The molecule has 0 amide bonds. The van der Waals surface area contributed by atoms with E-state index in [1.165, 1.54) is 6.42 Å². The summed E-state index contributed by atoms with van der Waals surface area (Å²) in [6, 6.07) is 7.60. The fraction of sp³-hybridized carbons (Fsp3) is 0.625. The minimum absolute atomic E-state index is 0.198. The van der Waals surface area contributed by atoms with Gasteiger partial charge >= 0.3 is 0 Å². The maximum atomic E-state index is 12.5. The minimum Gasteiger partial charge on any atom is -0.366 e. The smallest absolute Gasteiger partial charge is 0.180 e. The Kier molecular flexibility index (Phi) is 5.94. The molecule has 1 unspecified atom stereocenters. The van der Waals surface area contributed by atoms with Gasteiger partial charge in [0.15, 0.2) is 9.84 Å². The molecule has 1 atom stereocenters. The normalized spacial score (nSPS) is 20.3. The summed E-state index contributed by atoms with van der Waals surface area (Å²) in [5.41, 5.74) is 0.832. The average molecular weight is 330 g/mol. The number of halogens is 1. The van der Waals surface area contributed by atoms with E-state index in [9.17, 15) is 8.42 Å². The number of rotatable bonds is 5. The first-order valence-corrected chi connectivity index (χ1v) is 9.93. The second kappa shape index (κ2) is 7.50. The summed E-state index contributed by atoms with van der Waals surface area (Å²) in [7, 11) is -3.22. The van der Waals surface area contributed by atoms with E-state index in [2.05, 4.69) is 4.90 Å². The zero-order chi connectivity index (χ0) is 15.3. The van der Waals surface area contributed by atoms with Crippen molar-refractivity contribution in [3.63, 3.8) is 0 Å². The van der Waals surface area contributed by atoms with E-state index >= 15 is 0 Å². The predicted molar refractivity (Wildman–Crippen MR) is 89.1 cm³/mol. The number of anilines is 1. The van der Waals surface area contributed by atoms with Crippen LogP contribution in [0.2, 0.25) is 0 Å². The highest BCUT2D eigenvalue weighted by Crippen LogP contribution is 2.31. The fourth-order valence-corrected chi connectivity index (χ4v) is 4.86. The van der Waals surface area contributed by atoms with Gasteiger partial charge in [-0.3, -0.25) is 0 Å². The zero-order valence-corrected chi connectivity index (χ0v) is 14.2. The Hall–Kier alpha value is -0.740. The molecule has 21 heavy (non-hydrogen) atoms. The molecule has 3 nitrogen and oxygen atoms in total. The molecule has 0 N–H and O–H groups in total. The van der Waals surface area contributed by atoms with Gasteiger partial charge in [0.1, 0.15) is 0 Å². The van der Waals surface area contributed by atoms with Crippen LogP contribution in [0.15, 0.2) is 29.2 Å². The summed E-state index contributed by atoms with van der Waals surface area (Å²) in [5, 5.41) is 0. The molecule has 0 saturated carbocycles. The van der Waals surface area contributed by atoms with E-state index in [1.54, 1.807) is 12.1 Å². The Balaban J connectivity index is 2.43. The average Bonchev–Trinajstić information content (AvgIpc) is 2.72. The summed E-state index contributed by atoms with van der Waals surface area (Å²) < 4.78 is 25.0. The first-order valence-electron chi connectivity index (χ1n) is 7.74. The lowest BCUT2D eigenvalue weighted by Crippen LogP contribution is -2.37. The van der Waals surface area contributed by atoms with Gasteiger partial charge < -0.3 is 4.90 Å². The third kappa shape index (κ3) is 3.92. The highest BCUT2D eigenvalue weighted by atomic mass is 35.5. The molecule has 1 aliphatic heterocycles. The largest absolute Gasteiger partial charge is 0.366 e. The van der Waals surface area contributed by atoms with E-state index < -0.39 is 9.84 Å². The summed E-state index contributed by atoms with van der Waals surface area (Å²) >= 11 is 6.13. The standard InChI is InChI=1S/C16H24ClNO2S/c1-2-12-21(19,20)16-10-6-5-9-15(16)18-11-7-3-4-8-14(18)13-17/h5-6,9-10,14H,2-4,7-8,11-13H2,1H3. The fourth-order valence-electron chi connectivity index (χ4n) is 2.99. The molecule has 0 spiro atoms. The molecule has 0 aliphatic carbocycles. The summed E-state index contributed by atoms with van der Waals surface area (Å²) in [6.45, 7) is 2.78. The molecule has 1 aromatic rings. The van der Waals surface area contributed by atoms with Crippen LogP contribution < -0.4 is 4.90 Å². The lowest BCUT2D eigenvalue weighted by Gasteiger charge is -2.32. The molecule has 2 rings (SSSR count). The maximum absolute atomic E-state index is 12.5. The number of nitrogens with zero attached hydrogens (tertiary/aromatic N) is 1. The van der Waals surface area contributed by atoms with Crippen molar-refractivity contribution in [2.24, 2.45) is 0 Å². The number of hydrogen-bond donors (Lipinski definition) is 0. The van der Waals surface area contributed by atoms with E-state index in [0.717, 1.165) is 31.5 Å². The monoisotopic (exact) mass is 329 g/mol. The van der Waals surface area contributed by atoms with Crippen molar-refractivity contribution in [2.45, 2.75) is 50.0 Å². The molecular weight excluding hydrogens is 306 g/mol. The summed E-state index contributed by atoms with van der Waals surface area (Å²) in [5.74, 6) is 0.742. The van der Waals surface area contributed by atoms with Crippen LogP contribution in [-0.4, -0.2) is 32.6 Å². The molecule has 1 saturated heterocycles. The van der Waals surface area contributed by atoms with Gasteiger partial charge in [-0.05, 0) is 31.4 Å². The Morgan fingerprint density at radius 1 is 1.24 bits per heavy atom. The van der Waals surface area contributed by atoms with Crippen molar-refractivity contribution in [3.8, 4) is 0 Å². The topological polar surface area (TPSA) is 37.4 Å². The molecule has 0 aromatic heterocycles. The van der Waals surface area contributed by atoms with Crippen molar-refractivity contribution in [2.75, 3.05) is 23.1 Å². The van der Waals surface area contributed by atoms with Gasteiger partial charge in [-0.25, -0.2) is 8.42 Å². The van der Waals surface area contributed by atoms with Crippen molar-refractivity contribution in [3.05, 3.63) is 24.3 Å². The van der Waals surface area contributed by atoms with Gasteiger partial charge in [0.05, 0.1) is 16.3 Å². The van der Waals surface area contributed by atoms with E-state index in [4.69, 9.17) is 11.6 Å².